The first-order valence-corrected chi connectivity index (χ1v) is 12.1. The van der Waals surface area contributed by atoms with Crippen molar-refractivity contribution in [1.29, 1.82) is 0 Å². The summed E-state index contributed by atoms with van der Waals surface area (Å²) in [6.07, 6.45) is 3.53. The molecule has 1 atom stereocenters. The minimum atomic E-state index is -4.46. The number of anilines is 1. The monoisotopic (exact) mass is 464 g/mol. The fourth-order valence-corrected chi connectivity index (χ4v) is 4.72. The molecule has 1 heterocycles. The maximum Gasteiger partial charge on any atom is 0.417 e. The van der Waals surface area contributed by atoms with Gasteiger partial charge in [0.15, 0.2) is 0 Å². The Morgan fingerprint density at radius 1 is 1.12 bits per heavy atom. The fourth-order valence-electron chi connectivity index (χ4n) is 4.72. The number of nitrogens with zero attached hydrogens (tertiary/aromatic N) is 1. The van der Waals surface area contributed by atoms with E-state index in [0.29, 0.717) is 23.0 Å². The van der Waals surface area contributed by atoms with Crippen LogP contribution in [0.3, 0.4) is 0 Å². The highest BCUT2D eigenvalue weighted by Gasteiger charge is 2.34. The van der Waals surface area contributed by atoms with E-state index in [2.05, 4.69) is 36.8 Å². The number of rotatable bonds is 9. The van der Waals surface area contributed by atoms with E-state index in [1.807, 2.05) is 24.3 Å². The van der Waals surface area contributed by atoms with Crippen molar-refractivity contribution in [2.24, 2.45) is 11.8 Å². The van der Waals surface area contributed by atoms with E-state index in [-0.39, 0.29) is 11.3 Å². The molecule has 0 bridgehead atoms. The third-order valence-electron chi connectivity index (χ3n) is 6.51. The van der Waals surface area contributed by atoms with Crippen LogP contribution in [0.15, 0.2) is 78.5 Å². The molecule has 2 aromatic carbocycles. The maximum atomic E-state index is 13.7. The molecule has 1 aliphatic carbocycles. The Morgan fingerprint density at radius 2 is 1.82 bits per heavy atom. The zero-order chi connectivity index (χ0) is 24.3. The van der Waals surface area contributed by atoms with Gasteiger partial charge in [0, 0.05) is 16.6 Å². The van der Waals surface area contributed by atoms with Gasteiger partial charge in [0.2, 0.25) is 0 Å². The minimum absolute atomic E-state index is 0.0672. The molecule has 1 N–H and O–H groups in total. The summed E-state index contributed by atoms with van der Waals surface area (Å²) in [5.74, 6) is 1.16. The van der Waals surface area contributed by atoms with Crippen LogP contribution in [0, 0.1) is 11.8 Å². The molecule has 1 unspecified atom stereocenters. The molecule has 0 aliphatic heterocycles. The lowest BCUT2D eigenvalue weighted by atomic mass is 9.88. The molecule has 1 aromatic heterocycles. The molecule has 4 rings (SSSR count). The molecule has 1 fully saturated rings. The van der Waals surface area contributed by atoms with Gasteiger partial charge in [0.05, 0.1) is 22.5 Å². The summed E-state index contributed by atoms with van der Waals surface area (Å²) in [5.41, 5.74) is 3.20. The van der Waals surface area contributed by atoms with E-state index < -0.39 is 11.7 Å². The summed E-state index contributed by atoms with van der Waals surface area (Å²) in [6.45, 7) is 8.70. The Labute approximate surface area is 199 Å². The van der Waals surface area contributed by atoms with Crippen LogP contribution in [-0.4, -0.2) is 4.98 Å². The Balaban J connectivity index is 1.74. The Morgan fingerprint density at radius 3 is 2.50 bits per heavy atom. The largest absolute Gasteiger partial charge is 0.417 e. The Hall–Kier alpha value is -3.08. The summed E-state index contributed by atoms with van der Waals surface area (Å²) in [7, 11) is 0. The average molecular weight is 465 g/mol. The van der Waals surface area contributed by atoms with Crippen molar-refractivity contribution in [3.63, 3.8) is 0 Å². The summed E-state index contributed by atoms with van der Waals surface area (Å²) < 4.78 is 41.1. The van der Waals surface area contributed by atoms with Gasteiger partial charge in [-0.2, -0.15) is 13.2 Å². The summed E-state index contributed by atoms with van der Waals surface area (Å²) in [5, 5.41) is 4.24. The third-order valence-corrected chi connectivity index (χ3v) is 6.51. The predicted molar refractivity (Wildman–Crippen MR) is 134 cm³/mol. The number of hydrogen-bond acceptors (Lipinski definition) is 2. The number of pyridine rings is 1. The van der Waals surface area contributed by atoms with E-state index >= 15 is 0 Å². The van der Waals surface area contributed by atoms with Crippen LogP contribution in [0.4, 0.5) is 18.9 Å². The zero-order valence-corrected chi connectivity index (χ0v) is 19.8. The van der Waals surface area contributed by atoms with Crippen LogP contribution in [0.25, 0.3) is 22.2 Å². The predicted octanol–water partition coefficient (Wildman–Crippen LogP) is 9.01. The number of fused-ring (bicyclic) bond motifs is 1. The first-order valence-electron chi connectivity index (χ1n) is 12.1. The second-order valence-corrected chi connectivity index (χ2v) is 9.08. The first kappa shape index (κ1) is 24.1. The van der Waals surface area contributed by atoms with E-state index in [1.54, 1.807) is 12.1 Å². The lowest BCUT2D eigenvalue weighted by Crippen LogP contribution is -2.08. The van der Waals surface area contributed by atoms with Crippen molar-refractivity contribution in [1.82, 2.24) is 4.98 Å². The number of alkyl halides is 3. The smallest absolute Gasteiger partial charge is 0.355 e. The Kier molecular flexibility index (Phi) is 7.11. The molecule has 5 heteroatoms. The lowest BCUT2D eigenvalue weighted by Gasteiger charge is -2.20. The molecule has 1 saturated carbocycles. The number of para-hydroxylation sites is 1. The quantitative estimate of drug-likeness (QED) is 0.320. The van der Waals surface area contributed by atoms with Crippen molar-refractivity contribution in [2.45, 2.75) is 52.1 Å². The van der Waals surface area contributed by atoms with Crippen LogP contribution in [0.1, 0.15) is 51.5 Å². The first-order chi connectivity index (χ1) is 16.3. The highest BCUT2D eigenvalue weighted by Crippen LogP contribution is 2.43. The molecule has 0 radical (unpaired) electrons. The maximum absolute atomic E-state index is 13.7. The van der Waals surface area contributed by atoms with Crippen molar-refractivity contribution in [3.05, 3.63) is 84.1 Å². The highest BCUT2D eigenvalue weighted by atomic mass is 19.4. The van der Waals surface area contributed by atoms with Crippen molar-refractivity contribution < 1.29 is 13.2 Å². The van der Waals surface area contributed by atoms with Gasteiger partial charge in [-0.15, -0.1) is 0 Å². The molecule has 34 heavy (non-hydrogen) atoms. The van der Waals surface area contributed by atoms with E-state index in [9.17, 15) is 13.2 Å². The van der Waals surface area contributed by atoms with Crippen LogP contribution in [0.5, 0.6) is 0 Å². The number of aromatic nitrogens is 1. The normalized spacial score (nSPS) is 15.4. The van der Waals surface area contributed by atoms with Gasteiger partial charge in [-0.1, -0.05) is 68.8 Å². The van der Waals surface area contributed by atoms with Gasteiger partial charge < -0.3 is 5.32 Å². The molecular formula is C29H31F3N2. The van der Waals surface area contributed by atoms with Crippen LogP contribution in [-0.2, 0) is 6.18 Å². The molecule has 0 amide bonds. The van der Waals surface area contributed by atoms with Crippen LogP contribution in [0.2, 0.25) is 0 Å². The standard InChI is InChI=1S/C29H31F3N2/c1-4-10-20(5-2)24(21-15-16-21)17-19(3)33-28-18-27(34-26-14-9-7-12-23(26)28)22-11-6-8-13-25(22)29(30,31)32/h6-9,11-14,17-18,20-21H,3-5,10,15-16H2,1-2H3,(H,33,34)/b24-17+. The van der Waals surface area contributed by atoms with Crippen molar-refractivity contribution in [3.8, 4) is 11.3 Å². The van der Waals surface area contributed by atoms with E-state index in [0.717, 1.165) is 36.4 Å². The molecule has 0 spiro atoms. The summed E-state index contributed by atoms with van der Waals surface area (Å²) in [4.78, 5) is 4.57. The number of allylic oxidation sites excluding steroid dienone is 2. The lowest BCUT2D eigenvalue weighted by molar-refractivity contribution is -0.137. The second kappa shape index (κ2) is 10.0. The van der Waals surface area contributed by atoms with Gasteiger partial charge >= 0.3 is 6.18 Å². The third kappa shape index (κ3) is 5.35. The topological polar surface area (TPSA) is 24.9 Å². The van der Waals surface area contributed by atoms with E-state index in [1.165, 1.54) is 30.5 Å². The number of nitrogens with one attached hydrogen (secondary N) is 1. The number of halogens is 3. The minimum Gasteiger partial charge on any atom is -0.355 e. The number of benzene rings is 2. The van der Waals surface area contributed by atoms with Crippen LogP contribution >= 0.6 is 0 Å². The molecule has 3 aromatic rings. The summed E-state index contributed by atoms with van der Waals surface area (Å²) >= 11 is 0. The SMILES string of the molecule is C=C(/C=C(\C(CC)CCC)C1CC1)Nc1cc(-c2ccccc2C(F)(F)F)nc2ccccc12. The van der Waals surface area contributed by atoms with Crippen molar-refractivity contribution >= 4 is 16.6 Å². The van der Waals surface area contributed by atoms with Crippen LogP contribution < -0.4 is 5.32 Å². The fraction of sp³-hybridized carbons (Fsp3) is 0.345. The second-order valence-electron chi connectivity index (χ2n) is 9.08. The van der Waals surface area contributed by atoms with E-state index in [4.69, 9.17) is 0 Å². The summed E-state index contributed by atoms with van der Waals surface area (Å²) in [6, 6.07) is 14.8. The highest BCUT2D eigenvalue weighted by molar-refractivity contribution is 5.94. The Bertz CT molecular complexity index is 1210. The van der Waals surface area contributed by atoms with Gasteiger partial charge in [0.25, 0.3) is 0 Å². The number of hydrogen-bond donors (Lipinski definition) is 1. The van der Waals surface area contributed by atoms with Crippen molar-refractivity contribution in [2.75, 3.05) is 5.32 Å². The van der Waals surface area contributed by atoms with Gasteiger partial charge in [0.1, 0.15) is 0 Å². The molecule has 178 valence electrons. The van der Waals surface area contributed by atoms with Gasteiger partial charge in [-0.25, -0.2) is 4.98 Å². The van der Waals surface area contributed by atoms with Gasteiger partial charge in [-0.05, 0) is 61.8 Å². The zero-order valence-electron chi connectivity index (χ0n) is 19.8. The average Bonchev–Trinajstić information content (AvgIpc) is 3.66. The van der Waals surface area contributed by atoms with Gasteiger partial charge in [-0.3, -0.25) is 0 Å². The molecule has 2 nitrogen and oxygen atoms in total. The molecular weight excluding hydrogens is 433 g/mol. The molecule has 1 aliphatic rings. The molecule has 0 saturated heterocycles.